The van der Waals surface area contributed by atoms with Crippen LogP contribution in [0.4, 0.5) is 0 Å². The zero-order valence-electron chi connectivity index (χ0n) is 3.49. The Hall–Kier alpha value is 0.180. The van der Waals surface area contributed by atoms with E-state index in [1.807, 2.05) is 6.08 Å². The van der Waals surface area contributed by atoms with Gasteiger partial charge < -0.3 is 0 Å². The topological polar surface area (TPSA) is 12.4 Å². The molecule has 0 N–H and O–H groups in total. The Morgan fingerprint density at radius 3 is 2.71 bits per heavy atom. The minimum Gasteiger partial charge on any atom is -0.272 e. The second-order valence-corrected chi connectivity index (χ2v) is 2.34. The molecule has 0 fully saturated rings. The van der Waals surface area contributed by atoms with Gasteiger partial charge in [-0.25, -0.2) is 0 Å². The zero-order chi connectivity index (χ0) is 5.28. The van der Waals surface area contributed by atoms with Crippen LogP contribution in [0.25, 0.3) is 0 Å². The van der Waals surface area contributed by atoms with Crippen LogP contribution in [0.15, 0.2) is 16.1 Å². The lowest BCUT2D eigenvalue weighted by Gasteiger charge is -1.79. The molecular formula is C4H3BrClN. The van der Waals surface area contributed by atoms with Gasteiger partial charge in [0.05, 0.1) is 11.6 Å². The van der Waals surface area contributed by atoms with Crippen LogP contribution in [0.2, 0.25) is 0 Å². The van der Waals surface area contributed by atoms with E-state index in [9.17, 15) is 0 Å². The maximum atomic E-state index is 5.55. The average Bonchev–Trinajstić information content (AvgIpc) is 1.91. The van der Waals surface area contributed by atoms with Gasteiger partial charge in [-0.1, -0.05) is 11.6 Å². The number of hydrogen-bond acceptors (Lipinski definition) is 1. The van der Waals surface area contributed by atoms with Gasteiger partial charge in [0.1, 0.15) is 4.62 Å². The lowest BCUT2D eigenvalue weighted by atomic mass is 10.6. The van der Waals surface area contributed by atoms with Gasteiger partial charge in [-0.15, -0.1) is 0 Å². The number of hydrogen-bond donors (Lipinski definition) is 0. The van der Waals surface area contributed by atoms with Crippen molar-refractivity contribution in [3.63, 3.8) is 0 Å². The standard InChI is InChI=1S/C4H3BrClN/c5-4-3(6)1-2-7-4/h1H,2H2. The normalized spacial score (nSPS) is 19.1. The molecule has 0 aromatic carbocycles. The highest BCUT2D eigenvalue weighted by atomic mass is 79.9. The van der Waals surface area contributed by atoms with Crippen molar-refractivity contribution in [2.75, 3.05) is 6.54 Å². The molecule has 1 rings (SSSR count). The van der Waals surface area contributed by atoms with E-state index in [1.54, 1.807) is 0 Å². The highest BCUT2D eigenvalue weighted by molar-refractivity contribution is 9.18. The highest BCUT2D eigenvalue weighted by Crippen LogP contribution is 2.14. The third kappa shape index (κ3) is 1.04. The minimum atomic E-state index is 0.722. The summed E-state index contributed by atoms with van der Waals surface area (Å²) >= 11 is 8.70. The van der Waals surface area contributed by atoms with Crippen LogP contribution in [0.3, 0.4) is 0 Å². The van der Waals surface area contributed by atoms with Gasteiger partial charge >= 0.3 is 0 Å². The van der Waals surface area contributed by atoms with E-state index in [0.717, 1.165) is 16.2 Å². The molecule has 0 bridgehead atoms. The Labute approximate surface area is 55.2 Å². The van der Waals surface area contributed by atoms with Crippen molar-refractivity contribution < 1.29 is 0 Å². The summed E-state index contributed by atoms with van der Waals surface area (Å²) in [6.45, 7) is 0.722. The molecule has 0 aromatic rings. The van der Waals surface area contributed by atoms with Crippen LogP contribution in [0.1, 0.15) is 0 Å². The summed E-state index contributed by atoms with van der Waals surface area (Å²) in [5.41, 5.74) is 0. The van der Waals surface area contributed by atoms with Gasteiger partial charge in [-0.05, 0) is 22.0 Å². The molecule has 1 heterocycles. The Morgan fingerprint density at radius 1 is 1.86 bits per heavy atom. The molecule has 0 aliphatic carbocycles. The summed E-state index contributed by atoms with van der Waals surface area (Å²) in [7, 11) is 0. The van der Waals surface area contributed by atoms with Crippen molar-refractivity contribution in [2.45, 2.75) is 0 Å². The fourth-order valence-corrected chi connectivity index (χ4v) is 0.801. The first-order chi connectivity index (χ1) is 3.30. The molecule has 0 saturated carbocycles. The van der Waals surface area contributed by atoms with E-state index >= 15 is 0 Å². The molecule has 0 amide bonds. The van der Waals surface area contributed by atoms with E-state index < -0.39 is 0 Å². The summed E-state index contributed by atoms with van der Waals surface area (Å²) in [5, 5.41) is 0.722. The highest BCUT2D eigenvalue weighted by Gasteiger charge is 2.02. The second-order valence-electron chi connectivity index (χ2n) is 1.18. The first kappa shape index (κ1) is 5.32. The van der Waals surface area contributed by atoms with Crippen LogP contribution < -0.4 is 0 Å². The van der Waals surface area contributed by atoms with E-state index in [0.29, 0.717) is 0 Å². The van der Waals surface area contributed by atoms with Crippen LogP contribution in [-0.4, -0.2) is 11.2 Å². The van der Waals surface area contributed by atoms with Crippen LogP contribution in [0.5, 0.6) is 0 Å². The molecular weight excluding hydrogens is 177 g/mol. The number of rotatable bonds is 0. The first-order valence-corrected chi connectivity index (χ1v) is 3.04. The van der Waals surface area contributed by atoms with E-state index in [-0.39, 0.29) is 0 Å². The molecule has 0 saturated heterocycles. The lowest BCUT2D eigenvalue weighted by Crippen LogP contribution is -1.75. The molecule has 3 heteroatoms. The molecule has 0 atom stereocenters. The van der Waals surface area contributed by atoms with Gasteiger partial charge in [-0.2, -0.15) is 0 Å². The lowest BCUT2D eigenvalue weighted by molar-refractivity contribution is 1.29. The monoisotopic (exact) mass is 179 g/mol. The maximum Gasteiger partial charge on any atom is 0.119 e. The molecule has 0 spiro atoms. The van der Waals surface area contributed by atoms with E-state index in [4.69, 9.17) is 11.6 Å². The average molecular weight is 180 g/mol. The van der Waals surface area contributed by atoms with Gasteiger partial charge in [0.15, 0.2) is 0 Å². The van der Waals surface area contributed by atoms with Gasteiger partial charge in [0.2, 0.25) is 0 Å². The van der Waals surface area contributed by atoms with Crippen molar-refractivity contribution in [1.29, 1.82) is 0 Å². The zero-order valence-corrected chi connectivity index (χ0v) is 5.83. The maximum absolute atomic E-state index is 5.55. The van der Waals surface area contributed by atoms with Crippen LogP contribution in [-0.2, 0) is 0 Å². The van der Waals surface area contributed by atoms with E-state index in [1.165, 1.54) is 0 Å². The molecule has 0 radical (unpaired) electrons. The van der Waals surface area contributed by atoms with Crippen molar-refractivity contribution in [3.05, 3.63) is 11.1 Å². The number of aliphatic imine (C=N–C) groups is 1. The molecule has 38 valence electrons. The third-order valence-corrected chi connectivity index (χ3v) is 1.94. The predicted molar refractivity (Wildman–Crippen MR) is 35.2 cm³/mol. The summed E-state index contributed by atoms with van der Waals surface area (Å²) in [5.74, 6) is 0. The third-order valence-electron chi connectivity index (χ3n) is 0.698. The second kappa shape index (κ2) is 1.97. The smallest absolute Gasteiger partial charge is 0.119 e. The Balaban J connectivity index is 2.78. The Bertz CT molecular complexity index is 123. The fraction of sp³-hybridized carbons (Fsp3) is 0.250. The largest absolute Gasteiger partial charge is 0.272 e. The summed E-state index contributed by atoms with van der Waals surface area (Å²) in [6.07, 6.45) is 1.85. The SMILES string of the molecule is ClC1=CCN=C1Br. The number of allylic oxidation sites excluding steroid dienone is 1. The minimum absolute atomic E-state index is 0.722. The predicted octanol–water partition coefficient (Wildman–Crippen LogP) is 1.92. The quantitative estimate of drug-likeness (QED) is 0.540. The molecule has 0 aromatic heterocycles. The summed E-state index contributed by atoms with van der Waals surface area (Å²) in [4.78, 5) is 3.93. The van der Waals surface area contributed by atoms with Crippen molar-refractivity contribution in [1.82, 2.24) is 0 Å². The van der Waals surface area contributed by atoms with Crippen molar-refractivity contribution in [2.24, 2.45) is 4.99 Å². The fourth-order valence-electron chi connectivity index (χ4n) is 0.366. The van der Waals surface area contributed by atoms with Crippen molar-refractivity contribution >= 4 is 32.2 Å². The Kier molecular flexibility index (Phi) is 1.50. The van der Waals surface area contributed by atoms with Gasteiger partial charge in [0.25, 0.3) is 0 Å². The molecule has 0 unspecified atom stereocenters. The first-order valence-electron chi connectivity index (χ1n) is 1.86. The van der Waals surface area contributed by atoms with Gasteiger partial charge in [0, 0.05) is 0 Å². The van der Waals surface area contributed by atoms with Crippen LogP contribution >= 0.6 is 27.5 Å². The molecule has 1 aliphatic rings. The molecule has 1 nitrogen and oxygen atoms in total. The van der Waals surface area contributed by atoms with Crippen LogP contribution in [0, 0.1) is 0 Å². The van der Waals surface area contributed by atoms with Gasteiger partial charge in [-0.3, -0.25) is 4.99 Å². The molecule has 7 heavy (non-hydrogen) atoms. The van der Waals surface area contributed by atoms with E-state index in [2.05, 4.69) is 20.9 Å². The number of nitrogens with zero attached hydrogens (tertiary/aromatic N) is 1. The molecule has 1 aliphatic heterocycles. The summed E-state index contributed by atoms with van der Waals surface area (Å²) in [6, 6.07) is 0. The number of halogens is 2. The summed E-state index contributed by atoms with van der Waals surface area (Å²) < 4.78 is 0.772. The Morgan fingerprint density at radius 2 is 2.57 bits per heavy atom. The van der Waals surface area contributed by atoms with Crippen molar-refractivity contribution in [3.8, 4) is 0 Å².